The van der Waals surface area contributed by atoms with Gasteiger partial charge in [0.25, 0.3) is 0 Å². The summed E-state index contributed by atoms with van der Waals surface area (Å²) >= 11 is 0. The van der Waals surface area contributed by atoms with E-state index in [4.69, 9.17) is 9.47 Å². The van der Waals surface area contributed by atoms with Gasteiger partial charge in [0.1, 0.15) is 5.82 Å². The van der Waals surface area contributed by atoms with E-state index in [0.717, 1.165) is 42.9 Å². The molecule has 3 nitrogen and oxygen atoms in total. The van der Waals surface area contributed by atoms with Gasteiger partial charge < -0.3 is 14.8 Å². The first-order valence-electron chi connectivity index (χ1n) is 8.35. The van der Waals surface area contributed by atoms with Crippen LogP contribution in [0.25, 0.3) is 0 Å². The first-order valence-corrected chi connectivity index (χ1v) is 8.35. The van der Waals surface area contributed by atoms with Crippen molar-refractivity contribution in [2.45, 2.75) is 32.2 Å². The summed E-state index contributed by atoms with van der Waals surface area (Å²) in [6, 6.07) is 9.90. The predicted molar refractivity (Wildman–Crippen MR) is 93.5 cm³/mol. The number of hydrogen-bond donors (Lipinski definition) is 1. The zero-order valence-electron chi connectivity index (χ0n) is 14.5. The Labute approximate surface area is 142 Å². The standard InChI is InChI=1S/C20H24FNO2/c1-13-4-5-14(10-17(13)21)6-7-18-16-12-20(24-3)19(23-2)11-15(16)8-9-22-18/h4-5,10-12,18,22H,6-9H2,1-3H3/t18-/m0/s1. The van der Waals surface area contributed by atoms with Gasteiger partial charge >= 0.3 is 0 Å². The summed E-state index contributed by atoms with van der Waals surface area (Å²) in [6.45, 7) is 2.73. The number of ether oxygens (including phenoxy) is 2. The van der Waals surface area contributed by atoms with Gasteiger partial charge in [-0.05, 0) is 73.2 Å². The SMILES string of the molecule is COc1cc2c(cc1OC)[C@H](CCc1ccc(C)c(F)c1)NCC2. The molecule has 0 saturated heterocycles. The minimum Gasteiger partial charge on any atom is -0.493 e. The van der Waals surface area contributed by atoms with Gasteiger partial charge in [-0.1, -0.05) is 12.1 Å². The molecule has 0 radical (unpaired) electrons. The molecular formula is C20H24FNO2. The van der Waals surface area contributed by atoms with Gasteiger partial charge in [-0.3, -0.25) is 0 Å². The van der Waals surface area contributed by atoms with Crippen molar-refractivity contribution in [2.24, 2.45) is 0 Å². The van der Waals surface area contributed by atoms with Crippen molar-refractivity contribution in [2.75, 3.05) is 20.8 Å². The number of aryl methyl sites for hydroxylation is 2. The average Bonchev–Trinajstić information content (AvgIpc) is 2.61. The Bertz CT molecular complexity index is 730. The lowest BCUT2D eigenvalue weighted by Crippen LogP contribution is -2.30. The summed E-state index contributed by atoms with van der Waals surface area (Å²) in [4.78, 5) is 0. The summed E-state index contributed by atoms with van der Waals surface area (Å²) in [5.74, 6) is 1.40. The number of halogens is 1. The van der Waals surface area contributed by atoms with E-state index in [9.17, 15) is 4.39 Å². The van der Waals surface area contributed by atoms with Crippen molar-refractivity contribution in [3.63, 3.8) is 0 Å². The van der Waals surface area contributed by atoms with Crippen LogP contribution in [-0.4, -0.2) is 20.8 Å². The first kappa shape index (κ1) is 16.8. The van der Waals surface area contributed by atoms with Crippen molar-refractivity contribution in [1.82, 2.24) is 5.32 Å². The maximum Gasteiger partial charge on any atom is 0.161 e. The molecule has 1 N–H and O–H groups in total. The van der Waals surface area contributed by atoms with Gasteiger partial charge in [0.15, 0.2) is 11.5 Å². The summed E-state index contributed by atoms with van der Waals surface area (Å²) in [5, 5.41) is 3.57. The molecule has 0 amide bonds. The van der Waals surface area contributed by atoms with Crippen LogP contribution in [0, 0.1) is 12.7 Å². The molecule has 3 rings (SSSR count). The molecule has 0 aromatic heterocycles. The third kappa shape index (κ3) is 3.39. The van der Waals surface area contributed by atoms with Crippen LogP contribution < -0.4 is 14.8 Å². The summed E-state index contributed by atoms with van der Waals surface area (Å²) < 4.78 is 24.6. The monoisotopic (exact) mass is 329 g/mol. The van der Waals surface area contributed by atoms with Crippen LogP contribution in [0.5, 0.6) is 11.5 Å². The number of benzene rings is 2. The summed E-state index contributed by atoms with van der Waals surface area (Å²) in [5.41, 5.74) is 4.28. The van der Waals surface area contributed by atoms with Crippen LogP contribution in [0.15, 0.2) is 30.3 Å². The highest BCUT2D eigenvalue weighted by molar-refractivity contribution is 5.49. The van der Waals surface area contributed by atoms with Crippen molar-refractivity contribution >= 4 is 0 Å². The zero-order chi connectivity index (χ0) is 17.1. The van der Waals surface area contributed by atoms with Crippen LogP contribution in [0.1, 0.15) is 34.7 Å². The zero-order valence-corrected chi connectivity index (χ0v) is 14.5. The van der Waals surface area contributed by atoms with E-state index in [1.807, 2.05) is 12.1 Å². The van der Waals surface area contributed by atoms with Crippen molar-refractivity contribution in [3.8, 4) is 11.5 Å². The Morgan fingerprint density at radius 2 is 1.88 bits per heavy atom. The van der Waals surface area contributed by atoms with Gasteiger partial charge in [0.05, 0.1) is 14.2 Å². The van der Waals surface area contributed by atoms with Crippen LogP contribution >= 0.6 is 0 Å². The van der Waals surface area contributed by atoms with Gasteiger partial charge in [-0.25, -0.2) is 4.39 Å². The van der Waals surface area contributed by atoms with Crippen LogP contribution in [0.4, 0.5) is 4.39 Å². The molecule has 0 saturated carbocycles. The number of hydrogen-bond acceptors (Lipinski definition) is 3. The second kappa shape index (κ2) is 7.22. The van der Waals surface area contributed by atoms with Gasteiger partial charge in [-0.15, -0.1) is 0 Å². The van der Waals surface area contributed by atoms with E-state index in [1.165, 1.54) is 11.1 Å². The van der Waals surface area contributed by atoms with E-state index in [2.05, 4.69) is 17.4 Å². The largest absolute Gasteiger partial charge is 0.493 e. The number of fused-ring (bicyclic) bond motifs is 1. The third-order valence-corrected chi connectivity index (χ3v) is 4.76. The Morgan fingerprint density at radius 1 is 1.12 bits per heavy atom. The van der Waals surface area contributed by atoms with E-state index in [0.29, 0.717) is 5.56 Å². The molecule has 0 spiro atoms. The second-order valence-electron chi connectivity index (χ2n) is 6.28. The molecule has 2 aromatic carbocycles. The fraction of sp³-hybridized carbons (Fsp3) is 0.400. The number of rotatable bonds is 5. The normalized spacial score (nSPS) is 16.6. The molecule has 24 heavy (non-hydrogen) atoms. The fourth-order valence-electron chi connectivity index (χ4n) is 3.33. The van der Waals surface area contributed by atoms with E-state index < -0.39 is 0 Å². The van der Waals surface area contributed by atoms with Crippen LogP contribution in [0.3, 0.4) is 0 Å². The highest BCUT2D eigenvalue weighted by Gasteiger charge is 2.22. The second-order valence-corrected chi connectivity index (χ2v) is 6.28. The molecule has 1 atom stereocenters. The molecule has 0 fully saturated rings. The van der Waals surface area contributed by atoms with Crippen molar-refractivity contribution < 1.29 is 13.9 Å². The van der Waals surface area contributed by atoms with Gasteiger partial charge in [0, 0.05) is 6.04 Å². The van der Waals surface area contributed by atoms with Gasteiger partial charge in [-0.2, -0.15) is 0 Å². The maximum absolute atomic E-state index is 13.7. The first-order chi connectivity index (χ1) is 11.6. The number of methoxy groups -OCH3 is 2. The molecule has 0 unspecified atom stereocenters. The molecule has 128 valence electrons. The lowest BCUT2D eigenvalue weighted by molar-refractivity contribution is 0.351. The van der Waals surface area contributed by atoms with Crippen molar-refractivity contribution in [3.05, 3.63) is 58.4 Å². The average molecular weight is 329 g/mol. The van der Waals surface area contributed by atoms with Crippen LogP contribution in [-0.2, 0) is 12.8 Å². The molecule has 1 heterocycles. The smallest absolute Gasteiger partial charge is 0.161 e. The topological polar surface area (TPSA) is 30.5 Å². The molecule has 1 aliphatic heterocycles. The highest BCUT2D eigenvalue weighted by atomic mass is 19.1. The minimum atomic E-state index is -0.129. The maximum atomic E-state index is 13.7. The Hall–Kier alpha value is -2.07. The predicted octanol–water partition coefficient (Wildman–Crippen LogP) is 3.97. The highest BCUT2D eigenvalue weighted by Crippen LogP contribution is 2.36. The molecular weight excluding hydrogens is 305 g/mol. The third-order valence-electron chi connectivity index (χ3n) is 4.76. The van der Waals surface area contributed by atoms with Gasteiger partial charge in [0.2, 0.25) is 0 Å². The molecule has 0 bridgehead atoms. The van der Waals surface area contributed by atoms with E-state index in [1.54, 1.807) is 27.2 Å². The minimum absolute atomic E-state index is 0.129. The lowest BCUT2D eigenvalue weighted by Gasteiger charge is -2.28. The lowest BCUT2D eigenvalue weighted by atomic mass is 9.90. The quantitative estimate of drug-likeness (QED) is 0.900. The molecule has 2 aromatic rings. The molecule has 0 aliphatic carbocycles. The fourth-order valence-corrected chi connectivity index (χ4v) is 3.33. The summed E-state index contributed by atoms with van der Waals surface area (Å²) in [6.07, 6.45) is 2.74. The number of nitrogens with one attached hydrogen (secondary N) is 1. The van der Waals surface area contributed by atoms with Crippen LogP contribution in [0.2, 0.25) is 0 Å². The Balaban J connectivity index is 1.80. The molecule has 1 aliphatic rings. The Morgan fingerprint density at radius 3 is 2.58 bits per heavy atom. The van der Waals surface area contributed by atoms with E-state index in [-0.39, 0.29) is 11.9 Å². The summed E-state index contributed by atoms with van der Waals surface area (Å²) in [7, 11) is 3.32. The molecule has 4 heteroatoms. The Kier molecular flexibility index (Phi) is 5.05. The van der Waals surface area contributed by atoms with Crippen molar-refractivity contribution in [1.29, 1.82) is 0 Å². The van der Waals surface area contributed by atoms with E-state index >= 15 is 0 Å².